The van der Waals surface area contributed by atoms with Crippen molar-refractivity contribution in [3.05, 3.63) is 29.8 Å². The van der Waals surface area contributed by atoms with Crippen LogP contribution >= 0.6 is 12.4 Å². The zero-order valence-electron chi connectivity index (χ0n) is 12.3. The Labute approximate surface area is 131 Å². The summed E-state index contributed by atoms with van der Waals surface area (Å²) in [4.78, 5) is 22.7. The average Bonchev–Trinajstić information content (AvgIpc) is 2.43. The maximum Gasteiger partial charge on any atom is 0.305 e. The third kappa shape index (κ3) is 8.19. The van der Waals surface area contributed by atoms with Gasteiger partial charge in [0.2, 0.25) is 5.91 Å². The van der Waals surface area contributed by atoms with Gasteiger partial charge < -0.3 is 15.8 Å². The van der Waals surface area contributed by atoms with Gasteiger partial charge in [-0.25, -0.2) is 0 Å². The Morgan fingerprint density at radius 2 is 1.95 bits per heavy atom. The lowest BCUT2D eigenvalue weighted by molar-refractivity contribution is -0.143. The van der Waals surface area contributed by atoms with Crippen LogP contribution in [0.4, 0.5) is 5.69 Å². The molecule has 21 heavy (non-hydrogen) atoms. The van der Waals surface area contributed by atoms with Crippen LogP contribution in [-0.2, 0) is 20.7 Å². The largest absolute Gasteiger partial charge is 0.466 e. The molecule has 1 amide bonds. The number of hydrogen-bond acceptors (Lipinski definition) is 4. The first-order valence-electron chi connectivity index (χ1n) is 6.89. The highest BCUT2D eigenvalue weighted by Gasteiger charge is 2.05. The summed E-state index contributed by atoms with van der Waals surface area (Å²) >= 11 is 0. The number of rotatable bonds is 8. The first-order chi connectivity index (χ1) is 9.63. The fourth-order valence-corrected chi connectivity index (χ4v) is 1.79. The number of nitrogens with two attached hydrogens (primary N) is 1. The number of ether oxygens (including phenoxy) is 1. The molecule has 0 saturated heterocycles. The Hall–Kier alpha value is -1.75. The van der Waals surface area contributed by atoms with Crippen LogP contribution in [0.3, 0.4) is 0 Å². The molecule has 3 N–H and O–H groups in total. The molecule has 0 aliphatic carbocycles. The number of halogens is 1. The number of anilines is 1. The van der Waals surface area contributed by atoms with E-state index in [9.17, 15) is 9.59 Å². The van der Waals surface area contributed by atoms with Crippen molar-refractivity contribution in [2.75, 3.05) is 18.9 Å². The molecule has 0 atom stereocenters. The summed E-state index contributed by atoms with van der Waals surface area (Å²) in [6, 6.07) is 7.52. The molecule has 1 aromatic carbocycles. The van der Waals surface area contributed by atoms with Crippen LogP contribution in [0.25, 0.3) is 0 Å². The zero-order chi connectivity index (χ0) is 14.8. The Bertz CT molecular complexity index is 452. The van der Waals surface area contributed by atoms with Gasteiger partial charge in [-0.2, -0.15) is 0 Å². The highest BCUT2D eigenvalue weighted by atomic mass is 35.5. The van der Waals surface area contributed by atoms with Crippen molar-refractivity contribution in [2.45, 2.75) is 32.6 Å². The molecule has 0 fully saturated rings. The summed E-state index contributed by atoms with van der Waals surface area (Å²) in [7, 11) is 0. The number of amides is 1. The monoisotopic (exact) mass is 314 g/mol. The molecule has 1 aromatic rings. The van der Waals surface area contributed by atoms with Gasteiger partial charge in [0.1, 0.15) is 0 Å². The summed E-state index contributed by atoms with van der Waals surface area (Å²) in [5.41, 5.74) is 7.50. The molecule has 1 rings (SSSR count). The molecule has 118 valence electrons. The fraction of sp³-hybridized carbons (Fsp3) is 0.467. The third-order valence-electron chi connectivity index (χ3n) is 2.86. The number of carbonyl (C=O) groups excluding carboxylic acids is 2. The van der Waals surface area contributed by atoms with Gasteiger partial charge in [0.25, 0.3) is 0 Å². The first kappa shape index (κ1) is 19.2. The predicted molar refractivity (Wildman–Crippen MR) is 85.3 cm³/mol. The summed E-state index contributed by atoms with van der Waals surface area (Å²) in [5.74, 6) is -0.254. The summed E-state index contributed by atoms with van der Waals surface area (Å²) in [6.45, 7) is 2.65. The second kappa shape index (κ2) is 11.0. The van der Waals surface area contributed by atoms with Gasteiger partial charge in [0.05, 0.1) is 6.61 Å². The van der Waals surface area contributed by atoms with E-state index in [-0.39, 0.29) is 24.3 Å². The molecule has 0 unspecified atom stereocenters. The number of esters is 1. The molecule has 0 radical (unpaired) electrons. The van der Waals surface area contributed by atoms with Crippen LogP contribution in [0.5, 0.6) is 0 Å². The van der Waals surface area contributed by atoms with Crippen molar-refractivity contribution in [1.29, 1.82) is 0 Å². The number of carbonyl (C=O) groups is 2. The zero-order valence-corrected chi connectivity index (χ0v) is 13.1. The highest BCUT2D eigenvalue weighted by molar-refractivity contribution is 5.85. The van der Waals surface area contributed by atoms with E-state index in [0.29, 0.717) is 44.5 Å². The van der Waals surface area contributed by atoms with E-state index >= 15 is 0 Å². The van der Waals surface area contributed by atoms with E-state index in [1.54, 1.807) is 6.92 Å². The molecule has 0 heterocycles. The molecule has 0 saturated carbocycles. The third-order valence-corrected chi connectivity index (χ3v) is 2.86. The topological polar surface area (TPSA) is 81.4 Å². The highest BCUT2D eigenvalue weighted by Crippen LogP contribution is 2.12. The van der Waals surface area contributed by atoms with Gasteiger partial charge in [0, 0.05) is 25.1 Å². The number of nitrogens with one attached hydrogen (secondary N) is 1. The minimum atomic E-state index is -0.223. The van der Waals surface area contributed by atoms with Gasteiger partial charge >= 0.3 is 5.97 Å². The van der Waals surface area contributed by atoms with Crippen LogP contribution < -0.4 is 11.1 Å². The van der Waals surface area contributed by atoms with E-state index in [1.165, 1.54) is 0 Å². The Morgan fingerprint density at radius 1 is 1.24 bits per heavy atom. The second-order valence-electron chi connectivity index (χ2n) is 4.46. The average molecular weight is 315 g/mol. The van der Waals surface area contributed by atoms with E-state index in [4.69, 9.17) is 10.5 Å². The van der Waals surface area contributed by atoms with Crippen LogP contribution in [0.15, 0.2) is 24.3 Å². The number of hydrogen-bond donors (Lipinski definition) is 2. The second-order valence-corrected chi connectivity index (χ2v) is 4.46. The van der Waals surface area contributed by atoms with E-state index in [1.807, 2.05) is 24.3 Å². The van der Waals surface area contributed by atoms with Crippen molar-refractivity contribution in [3.8, 4) is 0 Å². The smallest absolute Gasteiger partial charge is 0.305 e. The maximum atomic E-state index is 11.6. The predicted octanol–water partition coefficient (Wildman–Crippen LogP) is 2.08. The lowest BCUT2D eigenvalue weighted by Crippen LogP contribution is -2.25. The molecule has 0 spiro atoms. The number of nitrogen functional groups attached to an aromatic ring is 1. The van der Waals surface area contributed by atoms with Crippen LogP contribution in [0, 0.1) is 0 Å². The van der Waals surface area contributed by atoms with E-state index in [2.05, 4.69) is 5.32 Å². The standard InChI is InChI=1S/C15H22N2O3.ClH/c1-2-20-15(19)8-5-11-17-14(18)10-9-12-6-3-4-7-13(12)16;/h3-4,6-7H,2,5,8-11,16H2,1H3,(H,17,18);1H. The SMILES string of the molecule is CCOC(=O)CCCNC(=O)CCc1ccccc1N.Cl. The number of para-hydroxylation sites is 1. The molecule has 0 aromatic heterocycles. The Morgan fingerprint density at radius 3 is 2.62 bits per heavy atom. The lowest BCUT2D eigenvalue weighted by atomic mass is 10.1. The quantitative estimate of drug-likeness (QED) is 0.437. The van der Waals surface area contributed by atoms with E-state index in [0.717, 1.165) is 5.56 Å². The summed E-state index contributed by atoms with van der Waals surface area (Å²) in [6.07, 6.45) is 1.95. The molecular formula is C15H23ClN2O3. The minimum Gasteiger partial charge on any atom is -0.466 e. The van der Waals surface area contributed by atoms with E-state index < -0.39 is 0 Å². The fourth-order valence-electron chi connectivity index (χ4n) is 1.79. The molecule has 0 aliphatic heterocycles. The summed E-state index contributed by atoms with van der Waals surface area (Å²) < 4.78 is 4.80. The van der Waals surface area contributed by atoms with Gasteiger partial charge in [-0.3, -0.25) is 9.59 Å². The summed E-state index contributed by atoms with van der Waals surface area (Å²) in [5, 5.41) is 2.78. The minimum absolute atomic E-state index is 0. The Balaban J connectivity index is 0.00000400. The maximum absolute atomic E-state index is 11.6. The molecule has 0 bridgehead atoms. The van der Waals surface area contributed by atoms with Gasteiger partial charge in [0.15, 0.2) is 0 Å². The lowest BCUT2D eigenvalue weighted by Gasteiger charge is -2.07. The van der Waals surface area contributed by atoms with Crippen LogP contribution in [0.1, 0.15) is 31.7 Å². The normalized spacial score (nSPS) is 9.57. The van der Waals surface area contributed by atoms with Gasteiger partial charge in [-0.05, 0) is 31.4 Å². The van der Waals surface area contributed by atoms with Crippen molar-refractivity contribution in [3.63, 3.8) is 0 Å². The molecule has 5 nitrogen and oxygen atoms in total. The molecule has 6 heteroatoms. The van der Waals surface area contributed by atoms with Gasteiger partial charge in [-0.15, -0.1) is 12.4 Å². The molecule has 0 aliphatic rings. The van der Waals surface area contributed by atoms with Crippen molar-refractivity contribution in [1.82, 2.24) is 5.32 Å². The van der Waals surface area contributed by atoms with Crippen molar-refractivity contribution in [2.24, 2.45) is 0 Å². The molecular weight excluding hydrogens is 292 g/mol. The first-order valence-corrected chi connectivity index (χ1v) is 6.89. The van der Waals surface area contributed by atoms with Gasteiger partial charge in [-0.1, -0.05) is 18.2 Å². The van der Waals surface area contributed by atoms with Crippen molar-refractivity contribution >= 4 is 30.0 Å². The van der Waals surface area contributed by atoms with Crippen molar-refractivity contribution < 1.29 is 14.3 Å². The number of benzene rings is 1. The Kier molecular flexibility index (Phi) is 10.1. The van der Waals surface area contributed by atoms with Crippen LogP contribution in [0.2, 0.25) is 0 Å². The number of aryl methyl sites for hydroxylation is 1. The van der Waals surface area contributed by atoms with Crippen LogP contribution in [-0.4, -0.2) is 25.0 Å².